The summed E-state index contributed by atoms with van der Waals surface area (Å²) in [6.07, 6.45) is 0. The van der Waals surface area contributed by atoms with Crippen LogP contribution in [0.3, 0.4) is 0 Å². The minimum absolute atomic E-state index is 0.269. The maximum absolute atomic E-state index is 11.3. The molecule has 0 radical (unpaired) electrons. The Morgan fingerprint density at radius 2 is 1.52 bits per heavy atom. The van der Waals surface area contributed by atoms with E-state index in [1.165, 1.54) is 0 Å². The van der Waals surface area contributed by atoms with Crippen LogP contribution in [-0.4, -0.2) is 11.1 Å². The van der Waals surface area contributed by atoms with Crippen LogP contribution < -0.4 is 4.74 Å². The van der Waals surface area contributed by atoms with Crippen LogP contribution in [0.25, 0.3) is 10.8 Å². The molecule has 3 nitrogen and oxygen atoms in total. The molecule has 0 saturated heterocycles. The highest BCUT2D eigenvalue weighted by Crippen LogP contribution is 2.34. The van der Waals surface area contributed by atoms with Crippen LogP contribution in [-0.2, 0) is 0 Å². The monoisotopic (exact) mass is 342 g/mol. The zero-order valence-electron chi connectivity index (χ0n) is 10.9. The van der Waals surface area contributed by atoms with Gasteiger partial charge < -0.3 is 9.84 Å². The van der Waals surface area contributed by atoms with Crippen molar-refractivity contribution < 1.29 is 14.6 Å². The molecular weight excluding hydrogens is 332 g/mol. The highest BCUT2D eigenvalue weighted by atomic mass is 79.9. The number of halogens is 1. The Hall–Kier alpha value is -2.33. The van der Waals surface area contributed by atoms with E-state index < -0.39 is 5.97 Å². The van der Waals surface area contributed by atoms with E-state index in [0.29, 0.717) is 16.9 Å². The van der Waals surface area contributed by atoms with Crippen molar-refractivity contribution in [2.45, 2.75) is 0 Å². The number of benzene rings is 3. The lowest BCUT2D eigenvalue weighted by Gasteiger charge is -2.11. The summed E-state index contributed by atoms with van der Waals surface area (Å²) in [7, 11) is 0. The van der Waals surface area contributed by atoms with Crippen LogP contribution in [0.2, 0.25) is 0 Å². The molecule has 0 aliphatic heterocycles. The quantitative estimate of drug-likeness (QED) is 0.720. The average Bonchev–Trinajstić information content (AvgIpc) is 2.49. The molecule has 1 N–H and O–H groups in total. The summed E-state index contributed by atoms with van der Waals surface area (Å²) in [6.45, 7) is 0. The van der Waals surface area contributed by atoms with Gasteiger partial charge in [-0.2, -0.15) is 0 Å². The third-order valence-electron chi connectivity index (χ3n) is 3.17. The normalized spacial score (nSPS) is 10.5. The smallest absolute Gasteiger partial charge is 0.336 e. The molecule has 0 bridgehead atoms. The highest BCUT2D eigenvalue weighted by molar-refractivity contribution is 9.10. The molecule has 0 heterocycles. The first-order chi connectivity index (χ1) is 10.2. The second kappa shape index (κ2) is 5.58. The number of rotatable bonds is 3. The van der Waals surface area contributed by atoms with Gasteiger partial charge in [0.2, 0.25) is 0 Å². The molecule has 0 atom stereocenters. The van der Waals surface area contributed by atoms with Crippen molar-refractivity contribution in [1.29, 1.82) is 0 Å². The number of hydrogen-bond acceptors (Lipinski definition) is 2. The Morgan fingerprint density at radius 1 is 0.857 bits per heavy atom. The molecule has 3 aromatic rings. The van der Waals surface area contributed by atoms with E-state index in [0.717, 1.165) is 9.86 Å². The van der Waals surface area contributed by atoms with Gasteiger partial charge in [0.1, 0.15) is 11.5 Å². The summed E-state index contributed by atoms with van der Waals surface area (Å²) in [5.74, 6) is 0.367. The number of carboxylic acids is 1. The van der Waals surface area contributed by atoms with E-state index >= 15 is 0 Å². The number of fused-ring (bicyclic) bond motifs is 1. The Bertz CT molecular complexity index is 827. The SMILES string of the molecule is O=C(O)c1ccc(Oc2ccccc2Br)c2ccccc12. The van der Waals surface area contributed by atoms with Crippen molar-refractivity contribution in [2.24, 2.45) is 0 Å². The first-order valence-corrected chi connectivity index (χ1v) is 7.13. The van der Waals surface area contributed by atoms with Gasteiger partial charge in [-0.1, -0.05) is 36.4 Å². The van der Waals surface area contributed by atoms with E-state index in [1.807, 2.05) is 42.5 Å². The number of ether oxygens (including phenoxy) is 1. The van der Waals surface area contributed by atoms with Crippen molar-refractivity contribution in [2.75, 3.05) is 0 Å². The summed E-state index contributed by atoms with van der Waals surface area (Å²) in [6, 6.07) is 18.1. The molecule has 0 amide bonds. The van der Waals surface area contributed by atoms with Crippen molar-refractivity contribution in [3.63, 3.8) is 0 Å². The second-order valence-corrected chi connectivity index (χ2v) is 5.35. The first-order valence-electron chi connectivity index (χ1n) is 6.34. The van der Waals surface area contributed by atoms with Gasteiger partial charge in [0.15, 0.2) is 0 Å². The van der Waals surface area contributed by atoms with Gasteiger partial charge in [-0.25, -0.2) is 4.79 Å². The molecule has 0 aliphatic carbocycles. The predicted octanol–water partition coefficient (Wildman–Crippen LogP) is 5.09. The fourth-order valence-corrected chi connectivity index (χ4v) is 2.56. The van der Waals surface area contributed by atoms with Gasteiger partial charge in [0.05, 0.1) is 10.0 Å². The molecule has 0 unspecified atom stereocenters. The molecule has 0 aromatic heterocycles. The summed E-state index contributed by atoms with van der Waals surface area (Å²) in [5.41, 5.74) is 0.269. The highest BCUT2D eigenvalue weighted by Gasteiger charge is 2.12. The molecular formula is C17H11BrO3. The molecule has 0 spiro atoms. The Morgan fingerprint density at radius 3 is 2.24 bits per heavy atom. The van der Waals surface area contributed by atoms with Crippen LogP contribution in [0.5, 0.6) is 11.5 Å². The first kappa shape index (κ1) is 13.6. The molecule has 3 aromatic carbocycles. The minimum atomic E-state index is -0.946. The second-order valence-electron chi connectivity index (χ2n) is 4.49. The fraction of sp³-hybridized carbons (Fsp3) is 0. The van der Waals surface area contributed by atoms with E-state index in [2.05, 4.69) is 15.9 Å². The molecule has 3 rings (SSSR count). The number of para-hydroxylation sites is 1. The molecule has 0 saturated carbocycles. The lowest BCUT2D eigenvalue weighted by Crippen LogP contribution is -1.98. The van der Waals surface area contributed by atoms with Crippen molar-refractivity contribution >= 4 is 32.7 Å². The maximum Gasteiger partial charge on any atom is 0.336 e. The van der Waals surface area contributed by atoms with Gasteiger partial charge in [-0.3, -0.25) is 0 Å². The topological polar surface area (TPSA) is 46.5 Å². The van der Waals surface area contributed by atoms with E-state index in [4.69, 9.17) is 4.74 Å². The van der Waals surface area contributed by atoms with E-state index in [-0.39, 0.29) is 5.56 Å². The summed E-state index contributed by atoms with van der Waals surface area (Å²) in [5, 5.41) is 10.7. The lowest BCUT2D eigenvalue weighted by molar-refractivity contribution is 0.0699. The third-order valence-corrected chi connectivity index (χ3v) is 3.83. The van der Waals surface area contributed by atoms with Crippen LogP contribution in [0, 0.1) is 0 Å². The molecule has 104 valence electrons. The fourth-order valence-electron chi connectivity index (χ4n) is 2.19. The molecule has 0 aliphatic rings. The van der Waals surface area contributed by atoms with Crippen LogP contribution in [0.1, 0.15) is 10.4 Å². The molecule has 0 fully saturated rings. The van der Waals surface area contributed by atoms with Gasteiger partial charge in [-0.15, -0.1) is 0 Å². The minimum Gasteiger partial charge on any atom is -0.478 e. The zero-order valence-corrected chi connectivity index (χ0v) is 12.5. The molecule has 4 heteroatoms. The largest absolute Gasteiger partial charge is 0.478 e. The Labute approximate surface area is 129 Å². The maximum atomic E-state index is 11.3. The van der Waals surface area contributed by atoms with Crippen molar-refractivity contribution in [1.82, 2.24) is 0 Å². The van der Waals surface area contributed by atoms with Gasteiger partial charge in [0, 0.05) is 5.39 Å². The van der Waals surface area contributed by atoms with Gasteiger partial charge >= 0.3 is 5.97 Å². The van der Waals surface area contributed by atoms with Gasteiger partial charge in [0.25, 0.3) is 0 Å². The predicted molar refractivity (Wildman–Crippen MR) is 85.1 cm³/mol. The average molecular weight is 343 g/mol. The summed E-state index contributed by atoms with van der Waals surface area (Å²) in [4.78, 5) is 11.3. The lowest BCUT2D eigenvalue weighted by atomic mass is 10.0. The van der Waals surface area contributed by atoms with E-state index in [9.17, 15) is 9.90 Å². The van der Waals surface area contributed by atoms with Crippen LogP contribution >= 0.6 is 15.9 Å². The zero-order chi connectivity index (χ0) is 14.8. The summed E-state index contributed by atoms with van der Waals surface area (Å²) < 4.78 is 6.76. The van der Waals surface area contributed by atoms with Crippen LogP contribution in [0.15, 0.2) is 65.1 Å². The Balaban J connectivity index is 2.14. The van der Waals surface area contributed by atoms with Crippen LogP contribution in [0.4, 0.5) is 0 Å². The number of carboxylic acid groups (broad SMARTS) is 1. The number of hydrogen-bond donors (Lipinski definition) is 1. The van der Waals surface area contributed by atoms with Crippen molar-refractivity contribution in [3.8, 4) is 11.5 Å². The van der Waals surface area contributed by atoms with E-state index in [1.54, 1.807) is 18.2 Å². The molecule has 21 heavy (non-hydrogen) atoms. The number of aromatic carboxylic acids is 1. The standard InChI is InChI=1S/C17H11BrO3/c18-14-7-3-4-8-16(14)21-15-10-9-13(17(19)20)11-5-1-2-6-12(11)15/h1-10H,(H,19,20). The Kier molecular flexibility index (Phi) is 3.62. The van der Waals surface area contributed by atoms with Crippen molar-refractivity contribution in [3.05, 3.63) is 70.7 Å². The summed E-state index contributed by atoms with van der Waals surface area (Å²) >= 11 is 3.44. The number of carbonyl (C=O) groups is 1. The van der Waals surface area contributed by atoms with Gasteiger partial charge in [-0.05, 0) is 45.6 Å². The third kappa shape index (κ3) is 2.62.